The van der Waals surface area contributed by atoms with Crippen LogP contribution >= 0.6 is 0 Å². The monoisotopic (exact) mass is 183 g/mol. The second-order valence-corrected chi connectivity index (χ2v) is 5.96. The van der Waals surface area contributed by atoms with Gasteiger partial charge in [-0.15, -0.1) is 0 Å². The number of nitrogens with zero attached hydrogens (tertiary/aromatic N) is 1. The summed E-state index contributed by atoms with van der Waals surface area (Å²) >= 11 is 0. The fraction of sp³-hybridized carbons (Fsp3) is 0.909. The predicted octanol–water partition coefficient (Wildman–Crippen LogP) is 2.72. The smallest absolute Gasteiger partial charge is 0.156 e. The Morgan fingerprint density at radius 3 is 1.54 bits per heavy atom. The molecule has 0 saturated heterocycles. The first-order chi connectivity index (χ1) is 5.52. The highest BCUT2D eigenvalue weighted by Gasteiger charge is 2.42. The Hall–Kier alpha value is -0.550. The highest BCUT2D eigenvalue weighted by atomic mass is 16.3. The lowest BCUT2D eigenvalue weighted by atomic mass is 9.69. The quantitative estimate of drug-likeness (QED) is 0.635. The highest BCUT2D eigenvalue weighted by Crippen LogP contribution is 2.38. The van der Waals surface area contributed by atoms with Gasteiger partial charge in [0.1, 0.15) is 0 Å². The van der Waals surface area contributed by atoms with Crippen LogP contribution in [-0.4, -0.2) is 10.7 Å². The van der Waals surface area contributed by atoms with Crippen molar-refractivity contribution in [1.82, 2.24) is 0 Å². The van der Waals surface area contributed by atoms with Crippen molar-refractivity contribution in [3.8, 4) is 6.07 Å². The molecule has 0 bridgehead atoms. The molecular formula is C11H21NO. The number of hydrogen-bond donors (Lipinski definition) is 1. The summed E-state index contributed by atoms with van der Waals surface area (Å²) in [5, 5.41) is 19.1. The molecular weight excluding hydrogens is 162 g/mol. The van der Waals surface area contributed by atoms with E-state index in [1.165, 1.54) is 0 Å². The number of rotatable bonds is 1. The molecule has 0 fully saturated rings. The van der Waals surface area contributed by atoms with Gasteiger partial charge >= 0.3 is 0 Å². The molecule has 76 valence electrons. The van der Waals surface area contributed by atoms with Gasteiger partial charge in [0.05, 0.1) is 6.07 Å². The van der Waals surface area contributed by atoms with Crippen molar-refractivity contribution in [1.29, 1.82) is 5.26 Å². The molecule has 0 aliphatic carbocycles. The minimum absolute atomic E-state index is 0.0300. The van der Waals surface area contributed by atoms with Crippen LogP contribution in [0.3, 0.4) is 0 Å². The van der Waals surface area contributed by atoms with Gasteiger partial charge in [-0.1, -0.05) is 41.5 Å². The van der Waals surface area contributed by atoms with Crippen molar-refractivity contribution in [2.24, 2.45) is 10.8 Å². The molecule has 13 heavy (non-hydrogen) atoms. The van der Waals surface area contributed by atoms with Gasteiger partial charge in [-0.25, -0.2) is 0 Å². The van der Waals surface area contributed by atoms with Gasteiger partial charge in [0.2, 0.25) is 0 Å². The normalized spacial score (nSPS) is 17.7. The Kier molecular flexibility index (Phi) is 3.17. The van der Waals surface area contributed by atoms with Crippen molar-refractivity contribution < 1.29 is 5.11 Å². The van der Waals surface area contributed by atoms with Gasteiger partial charge in [0.25, 0.3) is 0 Å². The zero-order chi connectivity index (χ0) is 10.9. The lowest BCUT2D eigenvalue weighted by Gasteiger charge is -2.38. The third-order valence-corrected chi connectivity index (χ3v) is 2.21. The van der Waals surface area contributed by atoms with Crippen molar-refractivity contribution in [3.05, 3.63) is 0 Å². The van der Waals surface area contributed by atoms with Crippen LogP contribution in [0.4, 0.5) is 0 Å². The second-order valence-electron chi connectivity index (χ2n) is 5.96. The molecule has 2 nitrogen and oxygen atoms in total. The Labute approximate surface area is 81.6 Å². The molecule has 0 heterocycles. The topological polar surface area (TPSA) is 44.0 Å². The summed E-state index contributed by atoms with van der Waals surface area (Å²) in [6, 6.07) is 2.03. The van der Waals surface area contributed by atoms with E-state index in [-0.39, 0.29) is 5.41 Å². The van der Waals surface area contributed by atoms with Crippen LogP contribution in [0.5, 0.6) is 0 Å². The largest absolute Gasteiger partial charge is 0.375 e. The maximum Gasteiger partial charge on any atom is 0.156 e. The van der Waals surface area contributed by atoms with E-state index in [1.54, 1.807) is 0 Å². The summed E-state index contributed by atoms with van der Waals surface area (Å²) in [6.07, 6.45) is 0.500. The molecule has 0 aliphatic heterocycles. The highest BCUT2D eigenvalue weighted by molar-refractivity contribution is 5.09. The molecule has 1 N–H and O–H groups in total. The van der Waals surface area contributed by atoms with Crippen LogP contribution in [0.25, 0.3) is 0 Å². The summed E-state index contributed by atoms with van der Waals surface area (Å²) in [6.45, 7) is 11.8. The Morgan fingerprint density at radius 1 is 1.08 bits per heavy atom. The molecule has 0 radical (unpaired) electrons. The fourth-order valence-electron chi connectivity index (χ4n) is 1.24. The van der Waals surface area contributed by atoms with Gasteiger partial charge in [0.15, 0.2) is 5.60 Å². The van der Waals surface area contributed by atoms with Gasteiger partial charge in [-0.05, 0) is 11.8 Å². The zero-order valence-electron chi connectivity index (χ0n) is 9.60. The lowest BCUT2D eigenvalue weighted by Crippen LogP contribution is -2.44. The third kappa shape index (κ3) is 3.36. The zero-order valence-corrected chi connectivity index (χ0v) is 9.60. The van der Waals surface area contributed by atoms with Crippen LogP contribution in [0, 0.1) is 22.2 Å². The molecule has 0 spiro atoms. The molecule has 0 aromatic carbocycles. The van der Waals surface area contributed by atoms with E-state index in [4.69, 9.17) is 5.26 Å². The van der Waals surface area contributed by atoms with Gasteiger partial charge in [-0.2, -0.15) is 5.26 Å². The summed E-state index contributed by atoms with van der Waals surface area (Å²) in [4.78, 5) is 0. The molecule has 0 aliphatic rings. The minimum atomic E-state index is -1.23. The summed E-state index contributed by atoms with van der Waals surface area (Å²) < 4.78 is 0. The van der Waals surface area contributed by atoms with Crippen LogP contribution in [-0.2, 0) is 0 Å². The van der Waals surface area contributed by atoms with Gasteiger partial charge in [-0.3, -0.25) is 0 Å². The van der Waals surface area contributed by atoms with E-state index in [2.05, 4.69) is 0 Å². The second kappa shape index (κ2) is 3.31. The third-order valence-electron chi connectivity index (χ3n) is 2.21. The van der Waals surface area contributed by atoms with E-state index in [0.717, 1.165) is 0 Å². The molecule has 0 aromatic rings. The van der Waals surface area contributed by atoms with Crippen molar-refractivity contribution in [3.63, 3.8) is 0 Å². The van der Waals surface area contributed by atoms with Crippen molar-refractivity contribution in [2.75, 3.05) is 0 Å². The summed E-state index contributed by atoms with van der Waals surface area (Å²) in [7, 11) is 0. The van der Waals surface area contributed by atoms with Crippen LogP contribution in [0.2, 0.25) is 0 Å². The summed E-state index contributed by atoms with van der Waals surface area (Å²) in [5.74, 6) is 0. The van der Waals surface area contributed by atoms with Gasteiger partial charge in [0, 0.05) is 5.41 Å². The summed E-state index contributed by atoms with van der Waals surface area (Å²) in [5.41, 5.74) is -1.65. The minimum Gasteiger partial charge on any atom is -0.375 e. The van der Waals surface area contributed by atoms with Gasteiger partial charge < -0.3 is 5.11 Å². The van der Waals surface area contributed by atoms with E-state index in [9.17, 15) is 5.11 Å². The number of nitriles is 1. The predicted molar refractivity (Wildman–Crippen MR) is 54.1 cm³/mol. The SMILES string of the molecule is CC(C)(C)C[C@](O)(C#N)C(C)(C)C. The Balaban J connectivity index is 4.81. The molecule has 0 saturated carbocycles. The molecule has 0 unspecified atom stereocenters. The standard InChI is InChI=1S/C11H21NO/c1-9(2,3)7-11(13,8-12)10(4,5)6/h13H,7H2,1-6H3/t11-/m0/s1. The number of hydrogen-bond acceptors (Lipinski definition) is 2. The maximum absolute atomic E-state index is 10.1. The van der Waals surface area contributed by atoms with Crippen molar-refractivity contribution >= 4 is 0 Å². The van der Waals surface area contributed by atoms with Crippen LogP contribution in [0.1, 0.15) is 48.0 Å². The fourth-order valence-corrected chi connectivity index (χ4v) is 1.24. The maximum atomic E-state index is 10.1. The average Bonchev–Trinajstić information content (AvgIpc) is 1.81. The van der Waals surface area contributed by atoms with Crippen molar-refractivity contribution in [2.45, 2.75) is 53.6 Å². The molecule has 0 rings (SSSR count). The number of aliphatic hydroxyl groups is 1. The van der Waals surface area contributed by atoms with E-state index < -0.39 is 11.0 Å². The first kappa shape index (κ1) is 12.4. The molecule has 0 amide bonds. The first-order valence-corrected chi connectivity index (χ1v) is 4.65. The first-order valence-electron chi connectivity index (χ1n) is 4.65. The van der Waals surface area contributed by atoms with E-state index in [1.807, 2.05) is 47.6 Å². The van der Waals surface area contributed by atoms with E-state index in [0.29, 0.717) is 6.42 Å². The average molecular weight is 183 g/mol. The molecule has 0 aromatic heterocycles. The Morgan fingerprint density at radius 2 is 1.46 bits per heavy atom. The van der Waals surface area contributed by atoms with E-state index >= 15 is 0 Å². The van der Waals surface area contributed by atoms with Crippen LogP contribution in [0.15, 0.2) is 0 Å². The molecule has 1 atom stereocenters. The molecule has 2 heteroatoms. The van der Waals surface area contributed by atoms with Crippen LogP contribution < -0.4 is 0 Å². The Bertz CT molecular complexity index is 214. The lowest BCUT2D eigenvalue weighted by molar-refractivity contribution is -0.0368.